The minimum atomic E-state index is -0.0483. The molecular formula is C17H24N2O2S. The minimum absolute atomic E-state index is 0.0483. The van der Waals surface area contributed by atoms with E-state index in [1.165, 1.54) is 4.88 Å². The van der Waals surface area contributed by atoms with Crippen LogP contribution in [0.1, 0.15) is 27.4 Å². The van der Waals surface area contributed by atoms with Crippen molar-refractivity contribution in [2.75, 3.05) is 33.7 Å². The molecule has 3 fully saturated rings. The largest absolute Gasteiger partial charge is 0.369 e. The Hall–Kier alpha value is -0.910. The molecule has 4 heterocycles. The summed E-state index contributed by atoms with van der Waals surface area (Å²) in [4.78, 5) is 19.1. The van der Waals surface area contributed by atoms with Crippen LogP contribution in [0.4, 0.5) is 0 Å². The molecule has 3 saturated heterocycles. The number of aryl methyl sites for hydroxylation is 1. The molecule has 4 rings (SSSR count). The number of carbonyl (C=O) groups excluding carboxylic acids is 1. The van der Waals surface area contributed by atoms with E-state index in [1.54, 1.807) is 11.3 Å². The van der Waals surface area contributed by atoms with Gasteiger partial charge in [0.05, 0.1) is 23.1 Å². The SMILES string of the molecule is Cc1ccc(C(=O)N2C[C@@H]3[C@H](CN(C)C)[C@H]4CC[C@]3(C2)O4)s1. The molecule has 3 aliphatic rings. The van der Waals surface area contributed by atoms with Gasteiger partial charge in [-0.3, -0.25) is 4.79 Å². The number of amides is 1. The van der Waals surface area contributed by atoms with Gasteiger partial charge in [-0.05, 0) is 46.0 Å². The van der Waals surface area contributed by atoms with Crippen LogP contribution in [0.15, 0.2) is 12.1 Å². The third-order valence-electron chi connectivity index (χ3n) is 5.60. The summed E-state index contributed by atoms with van der Waals surface area (Å²) in [6, 6.07) is 3.99. The van der Waals surface area contributed by atoms with Gasteiger partial charge in [-0.2, -0.15) is 0 Å². The van der Waals surface area contributed by atoms with E-state index in [-0.39, 0.29) is 11.5 Å². The van der Waals surface area contributed by atoms with Crippen molar-refractivity contribution in [2.24, 2.45) is 11.8 Å². The van der Waals surface area contributed by atoms with Crippen molar-refractivity contribution in [1.82, 2.24) is 9.80 Å². The van der Waals surface area contributed by atoms with Crippen LogP contribution >= 0.6 is 11.3 Å². The first kappa shape index (κ1) is 14.7. The van der Waals surface area contributed by atoms with Crippen molar-refractivity contribution >= 4 is 17.2 Å². The molecule has 5 heteroatoms. The number of likely N-dealkylation sites (tertiary alicyclic amines) is 1. The number of rotatable bonds is 3. The number of nitrogens with zero attached hydrogens (tertiary/aromatic N) is 2. The predicted octanol–water partition coefficient (Wildman–Crippen LogP) is 2.24. The van der Waals surface area contributed by atoms with E-state index in [0.717, 1.165) is 37.4 Å². The lowest BCUT2D eigenvalue weighted by atomic mass is 9.73. The van der Waals surface area contributed by atoms with E-state index in [1.807, 2.05) is 17.0 Å². The van der Waals surface area contributed by atoms with Crippen molar-refractivity contribution in [1.29, 1.82) is 0 Å². The molecule has 0 aliphatic carbocycles. The Balaban J connectivity index is 1.54. The predicted molar refractivity (Wildman–Crippen MR) is 87.3 cm³/mol. The third kappa shape index (κ3) is 2.14. The van der Waals surface area contributed by atoms with Crippen LogP contribution < -0.4 is 0 Å². The highest BCUT2D eigenvalue weighted by Crippen LogP contribution is 2.55. The van der Waals surface area contributed by atoms with Crippen molar-refractivity contribution < 1.29 is 9.53 Å². The van der Waals surface area contributed by atoms with Gasteiger partial charge in [0.2, 0.25) is 0 Å². The lowest BCUT2D eigenvalue weighted by Gasteiger charge is -2.30. The van der Waals surface area contributed by atoms with Crippen LogP contribution in [-0.2, 0) is 4.74 Å². The monoisotopic (exact) mass is 320 g/mol. The Morgan fingerprint density at radius 1 is 1.50 bits per heavy atom. The molecule has 0 saturated carbocycles. The quantitative estimate of drug-likeness (QED) is 0.856. The smallest absolute Gasteiger partial charge is 0.264 e. The molecule has 0 radical (unpaired) electrons. The van der Waals surface area contributed by atoms with E-state index in [0.29, 0.717) is 17.9 Å². The third-order valence-corrected chi connectivity index (χ3v) is 6.59. The van der Waals surface area contributed by atoms with Crippen molar-refractivity contribution in [3.05, 3.63) is 21.9 Å². The van der Waals surface area contributed by atoms with Crippen molar-refractivity contribution in [2.45, 2.75) is 31.5 Å². The molecule has 1 aromatic heterocycles. The molecule has 2 bridgehead atoms. The first-order valence-corrected chi connectivity index (χ1v) is 8.98. The van der Waals surface area contributed by atoms with E-state index in [9.17, 15) is 4.79 Å². The number of ether oxygens (including phenoxy) is 1. The van der Waals surface area contributed by atoms with E-state index >= 15 is 0 Å². The maximum absolute atomic E-state index is 12.8. The van der Waals surface area contributed by atoms with E-state index in [4.69, 9.17) is 4.74 Å². The Morgan fingerprint density at radius 3 is 3.00 bits per heavy atom. The molecule has 0 N–H and O–H groups in total. The second-order valence-corrected chi connectivity index (χ2v) is 8.68. The zero-order valence-electron chi connectivity index (χ0n) is 13.5. The highest BCUT2D eigenvalue weighted by Gasteiger charge is 2.63. The number of hydrogen-bond acceptors (Lipinski definition) is 4. The minimum Gasteiger partial charge on any atom is -0.369 e. The lowest BCUT2D eigenvalue weighted by Crippen LogP contribution is -2.40. The molecule has 1 aromatic rings. The fourth-order valence-electron chi connectivity index (χ4n) is 4.72. The van der Waals surface area contributed by atoms with Gasteiger partial charge in [0.25, 0.3) is 5.91 Å². The molecule has 3 aliphatic heterocycles. The first-order valence-electron chi connectivity index (χ1n) is 8.17. The summed E-state index contributed by atoms with van der Waals surface area (Å²) in [6.45, 7) is 4.77. The van der Waals surface area contributed by atoms with Gasteiger partial charge in [-0.25, -0.2) is 0 Å². The molecule has 1 spiro atoms. The Labute approximate surface area is 136 Å². The first-order chi connectivity index (χ1) is 10.5. The van der Waals surface area contributed by atoms with Gasteiger partial charge in [-0.1, -0.05) is 0 Å². The number of thiophene rings is 1. The molecular weight excluding hydrogens is 296 g/mol. The highest BCUT2D eigenvalue weighted by atomic mass is 32.1. The van der Waals surface area contributed by atoms with Gasteiger partial charge < -0.3 is 14.5 Å². The second-order valence-electron chi connectivity index (χ2n) is 7.39. The van der Waals surface area contributed by atoms with Gasteiger partial charge >= 0.3 is 0 Å². The molecule has 0 unspecified atom stereocenters. The van der Waals surface area contributed by atoms with Crippen molar-refractivity contribution in [3.8, 4) is 0 Å². The second kappa shape index (κ2) is 5.05. The number of carbonyl (C=O) groups is 1. The Kier molecular flexibility index (Phi) is 3.36. The Morgan fingerprint density at radius 2 is 2.32 bits per heavy atom. The van der Waals surface area contributed by atoms with Crippen LogP contribution in [0.3, 0.4) is 0 Å². The van der Waals surface area contributed by atoms with Crippen molar-refractivity contribution in [3.63, 3.8) is 0 Å². The summed E-state index contributed by atoms with van der Waals surface area (Å²) in [5, 5.41) is 0. The normalized spacial score (nSPS) is 36.4. The van der Waals surface area contributed by atoms with Gasteiger partial charge in [-0.15, -0.1) is 11.3 Å². The average Bonchev–Trinajstić information content (AvgIpc) is 3.18. The van der Waals surface area contributed by atoms with Crippen LogP contribution in [0.2, 0.25) is 0 Å². The molecule has 1 amide bonds. The van der Waals surface area contributed by atoms with Crippen LogP contribution in [0.25, 0.3) is 0 Å². The van der Waals surface area contributed by atoms with E-state index < -0.39 is 0 Å². The zero-order valence-corrected chi connectivity index (χ0v) is 14.4. The summed E-state index contributed by atoms with van der Waals surface area (Å²) < 4.78 is 6.40. The summed E-state index contributed by atoms with van der Waals surface area (Å²) >= 11 is 1.60. The summed E-state index contributed by atoms with van der Waals surface area (Å²) in [5.41, 5.74) is -0.0483. The fraction of sp³-hybridized carbons (Fsp3) is 0.706. The highest BCUT2D eigenvalue weighted by molar-refractivity contribution is 7.13. The molecule has 22 heavy (non-hydrogen) atoms. The molecule has 4 atom stereocenters. The summed E-state index contributed by atoms with van der Waals surface area (Å²) in [6.07, 6.45) is 2.70. The Bertz CT molecular complexity index is 599. The molecule has 120 valence electrons. The maximum Gasteiger partial charge on any atom is 0.264 e. The number of fused-ring (bicyclic) bond motifs is 1. The fourth-order valence-corrected chi connectivity index (χ4v) is 5.55. The zero-order chi connectivity index (χ0) is 15.5. The van der Waals surface area contributed by atoms with Crippen LogP contribution in [0.5, 0.6) is 0 Å². The van der Waals surface area contributed by atoms with Crippen LogP contribution in [0, 0.1) is 18.8 Å². The van der Waals surface area contributed by atoms with Gasteiger partial charge in [0.15, 0.2) is 0 Å². The standard InChI is InChI=1S/C17H24N2O2S/c1-11-4-5-15(22-11)16(20)19-9-13-12(8-18(2)3)14-6-7-17(13,10-19)21-14/h4-5,12-14H,6-10H2,1-3H3/t12-,13+,14+,17+/m0/s1. The average molecular weight is 320 g/mol. The lowest BCUT2D eigenvalue weighted by molar-refractivity contribution is 0.00261. The van der Waals surface area contributed by atoms with Gasteiger partial charge in [0.1, 0.15) is 0 Å². The summed E-state index contributed by atoms with van der Waals surface area (Å²) in [5.74, 6) is 1.28. The number of hydrogen-bond donors (Lipinski definition) is 0. The topological polar surface area (TPSA) is 32.8 Å². The van der Waals surface area contributed by atoms with E-state index in [2.05, 4.69) is 25.9 Å². The van der Waals surface area contributed by atoms with Gasteiger partial charge in [0, 0.05) is 29.8 Å². The molecule has 4 nitrogen and oxygen atoms in total. The van der Waals surface area contributed by atoms with Crippen LogP contribution in [-0.4, -0.2) is 61.1 Å². The molecule has 0 aromatic carbocycles. The summed E-state index contributed by atoms with van der Waals surface area (Å²) in [7, 11) is 4.26. The maximum atomic E-state index is 12.8.